The van der Waals surface area contributed by atoms with E-state index in [0.29, 0.717) is 24.5 Å². The third-order valence-corrected chi connectivity index (χ3v) is 5.41. The van der Waals surface area contributed by atoms with Crippen LogP contribution in [0.15, 0.2) is 48.5 Å². The molecule has 1 N–H and O–H groups in total. The lowest BCUT2D eigenvalue weighted by molar-refractivity contribution is -0.135. The molecule has 0 aliphatic rings. The second-order valence-corrected chi connectivity index (χ2v) is 8.70. The lowest BCUT2D eigenvalue weighted by Gasteiger charge is -2.18. The van der Waals surface area contributed by atoms with Gasteiger partial charge in [-0.05, 0) is 42.0 Å². The minimum Gasteiger partial charge on any atom is -0.493 e. The average Bonchev–Trinajstić information content (AvgIpc) is 2.80. The molecule has 0 saturated heterocycles. The summed E-state index contributed by atoms with van der Waals surface area (Å²) in [6.07, 6.45) is 1.02. The van der Waals surface area contributed by atoms with Crippen LogP contribution in [0, 0.1) is 17.8 Å². The molecule has 2 aromatic carbocycles. The van der Waals surface area contributed by atoms with Crippen molar-refractivity contribution in [1.82, 2.24) is 0 Å². The maximum atomic E-state index is 12.9. The van der Waals surface area contributed by atoms with Crippen LogP contribution in [0.2, 0.25) is 0 Å². The maximum absolute atomic E-state index is 12.9. The first kappa shape index (κ1) is 25.5. The number of hydrogen-bond acceptors (Lipinski definition) is 5. The van der Waals surface area contributed by atoms with E-state index in [1.807, 2.05) is 43.3 Å². The first-order chi connectivity index (χ1) is 15.3. The summed E-state index contributed by atoms with van der Waals surface area (Å²) in [5, 5.41) is 9.21. The predicted molar refractivity (Wildman–Crippen MR) is 126 cm³/mol. The highest BCUT2D eigenvalue weighted by molar-refractivity contribution is 6.04. The van der Waals surface area contributed by atoms with Crippen molar-refractivity contribution in [1.29, 1.82) is 0 Å². The first-order valence-electron chi connectivity index (χ1n) is 11.3. The van der Waals surface area contributed by atoms with E-state index in [4.69, 9.17) is 4.74 Å². The Balaban J connectivity index is 2.07. The lowest BCUT2D eigenvalue weighted by atomic mass is 9.84. The van der Waals surface area contributed by atoms with Gasteiger partial charge < -0.3 is 9.84 Å². The Morgan fingerprint density at radius 1 is 0.875 bits per heavy atom. The highest BCUT2D eigenvalue weighted by Crippen LogP contribution is 2.25. The van der Waals surface area contributed by atoms with E-state index in [0.717, 1.165) is 16.9 Å². The molecule has 2 atom stereocenters. The van der Waals surface area contributed by atoms with Gasteiger partial charge in [0.15, 0.2) is 11.6 Å². The van der Waals surface area contributed by atoms with Crippen molar-refractivity contribution in [3.63, 3.8) is 0 Å². The average molecular weight is 439 g/mol. The van der Waals surface area contributed by atoms with Gasteiger partial charge in [0, 0.05) is 17.9 Å². The Morgan fingerprint density at radius 3 is 1.94 bits per heavy atom. The molecule has 5 nitrogen and oxygen atoms in total. The van der Waals surface area contributed by atoms with Crippen molar-refractivity contribution in [2.24, 2.45) is 17.8 Å². The van der Waals surface area contributed by atoms with Crippen LogP contribution in [-0.2, 0) is 9.59 Å². The van der Waals surface area contributed by atoms with Gasteiger partial charge in [0.2, 0.25) is 0 Å². The predicted octanol–water partition coefficient (Wildman–Crippen LogP) is 5.14. The highest BCUT2D eigenvalue weighted by atomic mass is 16.5. The van der Waals surface area contributed by atoms with Crippen molar-refractivity contribution >= 4 is 17.3 Å². The molecule has 0 aliphatic carbocycles. The molecular formula is C27H34O5. The largest absolute Gasteiger partial charge is 0.493 e. The molecule has 0 saturated carbocycles. The molecule has 0 amide bonds. The quantitative estimate of drug-likeness (QED) is 0.346. The van der Waals surface area contributed by atoms with Crippen molar-refractivity contribution in [2.45, 2.75) is 47.0 Å². The zero-order valence-electron chi connectivity index (χ0n) is 19.5. The van der Waals surface area contributed by atoms with Crippen molar-refractivity contribution < 1.29 is 24.2 Å². The number of carbonyl (C=O) groups excluding carboxylic acids is 3. The van der Waals surface area contributed by atoms with Crippen LogP contribution in [0.25, 0.3) is 11.1 Å². The van der Waals surface area contributed by atoms with Gasteiger partial charge in [-0.3, -0.25) is 14.4 Å². The van der Waals surface area contributed by atoms with E-state index in [-0.39, 0.29) is 24.4 Å². The summed E-state index contributed by atoms with van der Waals surface area (Å²) in [5.41, 5.74) is 2.54. The van der Waals surface area contributed by atoms with E-state index in [1.165, 1.54) is 0 Å². The zero-order chi connectivity index (χ0) is 23.7. The fourth-order valence-corrected chi connectivity index (χ4v) is 3.55. The van der Waals surface area contributed by atoms with E-state index in [2.05, 4.69) is 13.8 Å². The molecular weight excluding hydrogens is 404 g/mol. The third kappa shape index (κ3) is 7.13. The Bertz CT molecular complexity index is 897. The maximum Gasteiger partial charge on any atom is 0.168 e. The van der Waals surface area contributed by atoms with Crippen molar-refractivity contribution in [3.8, 4) is 16.9 Å². The summed E-state index contributed by atoms with van der Waals surface area (Å²) < 4.78 is 5.72. The number of aliphatic hydroxyl groups excluding tert-OH is 1. The molecule has 2 unspecified atom stereocenters. The second kappa shape index (κ2) is 12.3. The fraction of sp³-hybridized carbons (Fsp3) is 0.444. The van der Waals surface area contributed by atoms with Crippen LogP contribution >= 0.6 is 0 Å². The SMILES string of the molecule is CCCC(=O)C(CC(C)C(=O)c1ccc(-c2ccc(OCC(C)C)cc2)cc1)C(=O)CO. The number of aliphatic hydroxyl groups is 1. The molecule has 32 heavy (non-hydrogen) atoms. The normalized spacial score (nSPS) is 12.9. The van der Waals surface area contributed by atoms with Crippen LogP contribution in [0.4, 0.5) is 0 Å². The van der Waals surface area contributed by atoms with Crippen LogP contribution in [-0.4, -0.2) is 35.7 Å². The van der Waals surface area contributed by atoms with E-state index in [9.17, 15) is 19.5 Å². The Hall–Kier alpha value is -2.79. The standard InChI is InChI=1S/C27H34O5/c1-5-6-25(29)24(26(30)16-28)15-19(4)27(31)22-9-7-20(8-10-22)21-11-13-23(14-12-21)32-17-18(2)3/h7-14,18-19,24,28H,5-6,15-17H2,1-4H3. The number of benzene rings is 2. The molecule has 172 valence electrons. The van der Waals surface area contributed by atoms with Gasteiger partial charge in [-0.15, -0.1) is 0 Å². The van der Waals surface area contributed by atoms with Crippen LogP contribution in [0.1, 0.15) is 57.3 Å². The molecule has 0 heterocycles. The molecule has 0 fully saturated rings. The Morgan fingerprint density at radius 2 is 1.44 bits per heavy atom. The zero-order valence-corrected chi connectivity index (χ0v) is 19.5. The van der Waals surface area contributed by atoms with E-state index >= 15 is 0 Å². The second-order valence-electron chi connectivity index (χ2n) is 8.70. The van der Waals surface area contributed by atoms with Crippen LogP contribution in [0.3, 0.4) is 0 Å². The summed E-state index contributed by atoms with van der Waals surface area (Å²) >= 11 is 0. The monoisotopic (exact) mass is 438 g/mol. The Kier molecular flexibility index (Phi) is 9.79. The minimum absolute atomic E-state index is 0.117. The molecule has 5 heteroatoms. The summed E-state index contributed by atoms with van der Waals surface area (Å²) in [4.78, 5) is 37.2. The summed E-state index contributed by atoms with van der Waals surface area (Å²) in [5.74, 6) is -0.971. The number of ether oxygens (including phenoxy) is 1. The Labute approximate surface area is 190 Å². The highest BCUT2D eigenvalue weighted by Gasteiger charge is 2.29. The third-order valence-electron chi connectivity index (χ3n) is 5.41. The number of rotatable bonds is 13. The van der Waals surface area contributed by atoms with Gasteiger partial charge in [0.1, 0.15) is 18.1 Å². The molecule has 0 aliphatic heterocycles. The van der Waals surface area contributed by atoms with E-state index in [1.54, 1.807) is 19.1 Å². The number of carbonyl (C=O) groups is 3. The molecule has 0 spiro atoms. The van der Waals surface area contributed by atoms with Crippen molar-refractivity contribution in [3.05, 3.63) is 54.1 Å². The summed E-state index contributed by atoms with van der Waals surface area (Å²) in [7, 11) is 0. The van der Waals surface area contributed by atoms with Crippen molar-refractivity contribution in [2.75, 3.05) is 13.2 Å². The smallest absolute Gasteiger partial charge is 0.168 e. The molecule has 0 aromatic heterocycles. The first-order valence-corrected chi connectivity index (χ1v) is 11.3. The van der Waals surface area contributed by atoms with Gasteiger partial charge in [-0.25, -0.2) is 0 Å². The summed E-state index contributed by atoms with van der Waals surface area (Å²) in [6.45, 7) is 7.78. The topological polar surface area (TPSA) is 80.7 Å². The minimum atomic E-state index is -0.922. The van der Waals surface area contributed by atoms with Crippen LogP contribution < -0.4 is 4.74 Å². The fourth-order valence-electron chi connectivity index (χ4n) is 3.55. The van der Waals surface area contributed by atoms with Gasteiger partial charge in [-0.2, -0.15) is 0 Å². The number of Topliss-reactive ketones (excluding diaryl/α,β-unsaturated/α-hetero) is 3. The van der Waals surface area contributed by atoms with Gasteiger partial charge >= 0.3 is 0 Å². The van der Waals surface area contributed by atoms with E-state index < -0.39 is 24.2 Å². The molecule has 0 bridgehead atoms. The molecule has 2 rings (SSSR count). The molecule has 2 aromatic rings. The van der Waals surface area contributed by atoms with Gasteiger partial charge in [0.05, 0.1) is 12.5 Å². The molecule has 0 radical (unpaired) electrons. The number of hydrogen-bond donors (Lipinski definition) is 1. The summed E-state index contributed by atoms with van der Waals surface area (Å²) in [6, 6.07) is 15.2. The number of ketones is 3. The van der Waals surface area contributed by atoms with Crippen LogP contribution in [0.5, 0.6) is 5.75 Å². The van der Waals surface area contributed by atoms with Gasteiger partial charge in [-0.1, -0.05) is 64.1 Å². The van der Waals surface area contributed by atoms with Gasteiger partial charge in [0.25, 0.3) is 0 Å². The lowest BCUT2D eigenvalue weighted by Crippen LogP contribution is -2.30.